The number of aromatic hydroxyl groups is 2. The predicted molar refractivity (Wildman–Crippen MR) is 188 cm³/mol. The van der Waals surface area contributed by atoms with E-state index in [1.807, 2.05) is 0 Å². The second-order valence-electron chi connectivity index (χ2n) is 16.0. The highest BCUT2D eigenvalue weighted by molar-refractivity contribution is 6.11. The summed E-state index contributed by atoms with van der Waals surface area (Å²) in [5.74, 6) is -2.45. The number of ketones is 1. The number of ether oxygens (including phenoxy) is 4. The molecule has 0 radical (unpaired) electrons. The van der Waals surface area contributed by atoms with E-state index in [9.17, 15) is 45.3 Å². The number of Topliss-reactive ketones (excluding diaryl/α,β-unsaturated/α-hetero) is 1. The summed E-state index contributed by atoms with van der Waals surface area (Å²) in [6.07, 6.45) is 1.46. The Morgan fingerprint density at radius 1 is 1.09 bits per heavy atom. The van der Waals surface area contributed by atoms with Crippen LogP contribution >= 0.6 is 0 Å². The molecule has 53 heavy (non-hydrogen) atoms. The number of carboxylic acid groups (broad SMARTS) is 1. The van der Waals surface area contributed by atoms with Gasteiger partial charge >= 0.3 is 5.97 Å². The number of phenolic OH excluding ortho intramolecular Hbond substituents is 2. The fourth-order valence-corrected chi connectivity index (χ4v) is 11.3. The summed E-state index contributed by atoms with van der Waals surface area (Å²) in [6.45, 7) is 3.53. The number of carboxylic acids is 1. The first kappa shape index (κ1) is 36.4. The first-order valence-corrected chi connectivity index (χ1v) is 18.7. The molecule has 7 N–H and O–H groups in total. The molecule has 13 heteroatoms. The molecule has 1 spiro atoms. The number of carbonyl (C=O) groups excluding carboxylic acids is 1. The van der Waals surface area contributed by atoms with Crippen molar-refractivity contribution in [1.29, 1.82) is 0 Å². The van der Waals surface area contributed by atoms with E-state index in [2.05, 4.69) is 6.08 Å². The van der Waals surface area contributed by atoms with E-state index in [0.717, 1.165) is 43.4 Å². The van der Waals surface area contributed by atoms with Crippen molar-refractivity contribution >= 4 is 22.5 Å². The summed E-state index contributed by atoms with van der Waals surface area (Å²) < 4.78 is 25.3. The fraction of sp³-hybridized carbons (Fsp3) is 0.600. The molecule has 4 fully saturated rings. The average molecular weight is 737 g/mol. The van der Waals surface area contributed by atoms with Crippen LogP contribution in [0.1, 0.15) is 78.1 Å². The van der Waals surface area contributed by atoms with Crippen LogP contribution in [-0.4, -0.2) is 111 Å². The standard InChI is InChI=1S/C40H48O13/c1-18-29(19(2)43)34(45)31-24(33(18)44)11-22(37(48)49)12-27(31)52-38-35(46)36(47)40(28(14-42)53-38)13-25-23-6-3-5-21-15-50-17-39(32(21)23,9-4-10-41)26-8-7-20(16-51-40)30(25)26/h8,11-12,21,23,25,28,32,35-36,38,41-42,44-47H,3-7,9-10,13-17H2,1-2H3,(H,48,49)/t21-,23-,25-,28+,32-,35+,36+,38+,39-,40+/m0/s1. The first-order valence-electron chi connectivity index (χ1n) is 18.7. The number of fused-ring (bicyclic) bond motifs is 3. The second-order valence-corrected chi connectivity index (χ2v) is 16.0. The number of hydrogen-bond donors (Lipinski definition) is 7. The van der Waals surface area contributed by atoms with Gasteiger partial charge in [-0.1, -0.05) is 12.5 Å². The summed E-state index contributed by atoms with van der Waals surface area (Å²) >= 11 is 0. The predicted octanol–water partition coefficient (Wildman–Crippen LogP) is 3.52. The Balaban J connectivity index is 1.17. The van der Waals surface area contributed by atoms with Crippen LogP contribution in [-0.2, 0) is 14.2 Å². The largest absolute Gasteiger partial charge is 0.507 e. The summed E-state index contributed by atoms with van der Waals surface area (Å²) in [7, 11) is 0. The van der Waals surface area contributed by atoms with Crippen molar-refractivity contribution in [1.82, 2.24) is 0 Å². The minimum absolute atomic E-state index is 0.0464. The zero-order valence-corrected chi connectivity index (χ0v) is 29.9. The Morgan fingerprint density at radius 2 is 1.89 bits per heavy atom. The van der Waals surface area contributed by atoms with Crippen molar-refractivity contribution in [2.75, 3.05) is 33.0 Å². The second kappa shape index (κ2) is 13.3. The molecule has 2 aromatic carbocycles. The summed E-state index contributed by atoms with van der Waals surface area (Å²) in [4.78, 5) is 24.7. The van der Waals surface area contributed by atoms with Gasteiger partial charge in [0.05, 0.1) is 36.3 Å². The van der Waals surface area contributed by atoms with Gasteiger partial charge in [0, 0.05) is 29.6 Å². The van der Waals surface area contributed by atoms with Crippen LogP contribution in [0.15, 0.2) is 34.9 Å². The van der Waals surface area contributed by atoms with E-state index in [1.165, 1.54) is 25.0 Å². The summed E-state index contributed by atoms with van der Waals surface area (Å²) in [5, 5.41) is 76.7. The Morgan fingerprint density at radius 3 is 2.60 bits per heavy atom. The molecule has 0 bridgehead atoms. The number of aromatic carboxylic acids is 1. The Hall–Kier alpha value is -3.56. The molecule has 0 amide bonds. The normalized spacial score (nSPS) is 36.2. The molecule has 13 nitrogen and oxygen atoms in total. The van der Waals surface area contributed by atoms with Gasteiger partial charge in [-0.25, -0.2) is 4.79 Å². The number of aliphatic hydroxyl groups is 4. The molecule has 8 rings (SSSR count). The highest BCUT2D eigenvalue weighted by atomic mass is 16.7. The minimum Gasteiger partial charge on any atom is -0.507 e. The van der Waals surface area contributed by atoms with E-state index in [0.29, 0.717) is 37.9 Å². The first-order chi connectivity index (χ1) is 25.4. The van der Waals surface area contributed by atoms with Gasteiger partial charge in [-0.2, -0.15) is 0 Å². The third-order valence-corrected chi connectivity index (χ3v) is 13.4. The van der Waals surface area contributed by atoms with Gasteiger partial charge in [-0.15, -0.1) is 0 Å². The van der Waals surface area contributed by atoms with Gasteiger partial charge in [0.1, 0.15) is 41.2 Å². The molecule has 0 aromatic heterocycles. The molecule has 10 atom stereocenters. The number of phenols is 2. The van der Waals surface area contributed by atoms with Crippen molar-refractivity contribution in [2.45, 2.75) is 89.0 Å². The molecule has 2 aromatic rings. The molecular formula is C40H48O13. The lowest BCUT2D eigenvalue weighted by molar-refractivity contribution is -0.326. The van der Waals surface area contributed by atoms with Crippen LogP contribution in [0.4, 0.5) is 0 Å². The van der Waals surface area contributed by atoms with E-state index in [-0.39, 0.29) is 70.1 Å². The van der Waals surface area contributed by atoms with Gasteiger partial charge < -0.3 is 54.7 Å². The van der Waals surface area contributed by atoms with Crippen LogP contribution in [0.5, 0.6) is 17.2 Å². The van der Waals surface area contributed by atoms with Gasteiger partial charge in [0.15, 0.2) is 5.78 Å². The van der Waals surface area contributed by atoms with Crippen molar-refractivity contribution in [3.05, 3.63) is 51.6 Å². The Kier molecular flexibility index (Phi) is 9.16. The van der Waals surface area contributed by atoms with Gasteiger partial charge in [0.2, 0.25) is 6.29 Å². The molecule has 3 heterocycles. The highest BCUT2D eigenvalue weighted by Gasteiger charge is 2.65. The zero-order valence-electron chi connectivity index (χ0n) is 29.9. The van der Waals surface area contributed by atoms with Crippen molar-refractivity contribution in [2.24, 2.45) is 29.1 Å². The van der Waals surface area contributed by atoms with E-state index >= 15 is 0 Å². The van der Waals surface area contributed by atoms with Gasteiger partial charge in [-0.05, 0) is 105 Å². The Bertz CT molecular complexity index is 1910. The summed E-state index contributed by atoms with van der Waals surface area (Å²) in [6, 6.07) is 2.22. The fourth-order valence-electron chi connectivity index (χ4n) is 11.3. The topological polar surface area (TPSA) is 213 Å². The minimum atomic E-state index is -1.77. The lowest BCUT2D eigenvalue weighted by Crippen LogP contribution is -2.69. The lowest BCUT2D eigenvalue weighted by Gasteiger charge is -2.61. The maximum absolute atomic E-state index is 12.5. The van der Waals surface area contributed by atoms with Crippen LogP contribution in [0, 0.1) is 36.0 Å². The van der Waals surface area contributed by atoms with Gasteiger partial charge in [-0.3, -0.25) is 4.79 Å². The summed E-state index contributed by atoms with van der Waals surface area (Å²) in [5.41, 5.74) is 1.31. The number of aliphatic hydroxyl groups excluding tert-OH is 4. The number of allylic oxidation sites excluding steroid dienone is 2. The quantitative estimate of drug-likeness (QED) is 0.153. The third-order valence-electron chi connectivity index (χ3n) is 13.4. The van der Waals surface area contributed by atoms with Crippen molar-refractivity contribution in [3.63, 3.8) is 0 Å². The van der Waals surface area contributed by atoms with Crippen molar-refractivity contribution < 1.29 is 64.3 Å². The maximum atomic E-state index is 12.5. The van der Waals surface area contributed by atoms with Crippen LogP contribution < -0.4 is 4.74 Å². The van der Waals surface area contributed by atoms with Crippen LogP contribution in [0.25, 0.3) is 10.8 Å². The average Bonchev–Trinajstić information content (AvgIpc) is 3.50. The van der Waals surface area contributed by atoms with Crippen molar-refractivity contribution in [3.8, 4) is 17.2 Å². The SMILES string of the molecule is CC(=O)c1c(C)c(O)c2cc(C(=O)O)cc(O[C@@H]3O[C@H](CO)[C@]4(C[C@@H]5C6=C(CC=C6[C@]6(CCCO)COC[C@@H]7CCC[C@@H]5[C@H]76)CO4)[C@H](O)[C@H]3O)c2c1O. The number of rotatable bonds is 8. The molecule has 2 saturated carbocycles. The molecule has 6 aliphatic rings. The van der Waals surface area contributed by atoms with Crippen LogP contribution in [0.2, 0.25) is 0 Å². The molecule has 3 aliphatic heterocycles. The Labute approximate surface area is 306 Å². The van der Waals surface area contributed by atoms with E-state index in [4.69, 9.17) is 18.9 Å². The molecule has 2 saturated heterocycles. The van der Waals surface area contributed by atoms with Crippen LogP contribution in [0.3, 0.4) is 0 Å². The monoisotopic (exact) mass is 736 g/mol. The van der Waals surface area contributed by atoms with E-state index in [1.54, 1.807) is 0 Å². The number of carbonyl (C=O) groups is 2. The number of hydrogen-bond acceptors (Lipinski definition) is 12. The molecular weight excluding hydrogens is 688 g/mol. The zero-order chi connectivity index (χ0) is 37.6. The van der Waals surface area contributed by atoms with Gasteiger partial charge in [0.25, 0.3) is 0 Å². The maximum Gasteiger partial charge on any atom is 0.335 e. The lowest BCUT2D eigenvalue weighted by atomic mass is 9.46. The molecule has 3 aliphatic carbocycles. The van der Waals surface area contributed by atoms with E-state index < -0.39 is 60.1 Å². The molecule has 286 valence electrons. The molecule has 0 unspecified atom stereocenters. The third kappa shape index (κ3) is 5.30. The smallest absolute Gasteiger partial charge is 0.335 e. The highest BCUT2D eigenvalue weighted by Crippen LogP contribution is 2.67. The number of benzene rings is 2.